The molecule has 5 rings (SSSR count). The molecule has 0 aliphatic carbocycles. The van der Waals surface area contributed by atoms with Gasteiger partial charge < -0.3 is 53.7 Å². The lowest BCUT2D eigenvalue weighted by atomic mass is 9.86. The van der Waals surface area contributed by atoms with E-state index in [0.29, 0.717) is 17.9 Å². The molecule has 4 heterocycles. The van der Waals surface area contributed by atoms with Crippen molar-refractivity contribution in [3.05, 3.63) is 23.3 Å². The van der Waals surface area contributed by atoms with E-state index in [1.165, 1.54) is 4.90 Å². The van der Waals surface area contributed by atoms with Crippen molar-refractivity contribution in [1.82, 2.24) is 4.90 Å². The average Bonchev–Trinajstić information content (AvgIpc) is 3.27. The van der Waals surface area contributed by atoms with E-state index in [2.05, 4.69) is 0 Å². The molecule has 4 unspecified atom stereocenters. The van der Waals surface area contributed by atoms with Crippen molar-refractivity contribution in [2.75, 3.05) is 33.5 Å². The first-order valence-corrected chi connectivity index (χ1v) is 12.2. The van der Waals surface area contributed by atoms with Crippen LogP contribution in [0.1, 0.15) is 36.3 Å². The minimum Gasteiger partial charge on any atom is -0.454 e. The van der Waals surface area contributed by atoms with Crippen LogP contribution in [0.15, 0.2) is 12.1 Å². The molecule has 0 aromatic heterocycles. The minimum atomic E-state index is -1.64. The topological polar surface area (TPSA) is 174 Å². The Kier molecular flexibility index (Phi) is 7.93. The number of Topliss-reactive ketones (excluding diaryl/α,β-unsaturated/α-hetero) is 1. The van der Waals surface area contributed by atoms with Crippen molar-refractivity contribution in [3.63, 3.8) is 0 Å². The quantitative estimate of drug-likeness (QED) is 0.246. The maximum atomic E-state index is 13.5. The molecule has 0 saturated carbocycles. The normalized spacial score (nSPS) is 33.5. The van der Waals surface area contributed by atoms with Crippen molar-refractivity contribution in [3.8, 4) is 11.5 Å². The average molecular weight is 526 g/mol. The number of ketones is 1. The standard InChI is InChI=1S/C24H31NO12/c26-8-20-22(29)18(33-10-32-9-27)6-21(37-20)36-19-5-15(28)13-1-2-25(24(31)23(19)30)7-12-3-16-17(4-14(12)13)35-11-34-16/h3-4,13,18-23,26-27,29-30H,1-2,5-11H2/t13-,18?,19?,20?,21?,22-,23-/m0/s1. The number of fused-ring (bicyclic) bond motifs is 6. The summed E-state index contributed by atoms with van der Waals surface area (Å²) in [6.45, 7) is -0.895. The summed E-state index contributed by atoms with van der Waals surface area (Å²) in [4.78, 5) is 28.3. The van der Waals surface area contributed by atoms with E-state index in [4.69, 9.17) is 33.5 Å². The third-order valence-corrected chi connectivity index (χ3v) is 7.24. The molecular formula is C24H31NO12. The largest absolute Gasteiger partial charge is 0.454 e. The maximum absolute atomic E-state index is 13.5. The molecule has 2 bridgehead atoms. The zero-order valence-corrected chi connectivity index (χ0v) is 20.1. The van der Waals surface area contributed by atoms with E-state index in [1.807, 2.05) is 0 Å². The molecule has 2 saturated heterocycles. The second-order valence-electron chi connectivity index (χ2n) is 9.46. The number of amides is 1. The van der Waals surface area contributed by atoms with Crippen molar-refractivity contribution in [2.24, 2.45) is 0 Å². The van der Waals surface area contributed by atoms with Gasteiger partial charge in [0.15, 0.2) is 23.9 Å². The number of carbonyl (C=O) groups is 2. The van der Waals surface area contributed by atoms with Crippen molar-refractivity contribution in [2.45, 2.75) is 68.5 Å². The van der Waals surface area contributed by atoms with E-state index in [-0.39, 0.29) is 45.3 Å². The smallest absolute Gasteiger partial charge is 0.254 e. The van der Waals surface area contributed by atoms with Crippen LogP contribution in [0.5, 0.6) is 11.5 Å². The molecule has 1 aromatic carbocycles. The molecular weight excluding hydrogens is 494 g/mol. The van der Waals surface area contributed by atoms with Gasteiger partial charge in [-0.15, -0.1) is 0 Å². The molecule has 1 aromatic rings. The summed E-state index contributed by atoms with van der Waals surface area (Å²) < 4.78 is 32.7. The monoisotopic (exact) mass is 525 g/mol. The van der Waals surface area contributed by atoms with Gasteiger partial charge in [0.1, 0.15) is 37.7 Å². The van der Waals surface area contributed by atoms with Gasteiger partial charge in [0.2, 0.25) is 6.79 Å². The summed E-state index contributed by atoms with van der Waals surface area (Å²) in [7, 11) is 0. The van der Waals surface area contributed by atoms with Crippen LogP contribution in [0.3, 0.4) is 0 Å². The molecule has 0 radical (unpaired) electrons. The highest BCUT2D eigenvalue weighted by molar-refractivity contribution is 5.90. The third kappa shape index (κ3) is 5.31. The molecule has 0 spiro atoms. The van der Waals surface area contributed by atoms with E-state index < -0.39 is 62.0 Å². The van der Waals surface area contributed by atoms with Gasteiger partial charge in [0, 0.05) is 31.8 Å². The molecule has 13 nitrogen and oxygen atoms in total. The number of ether oxygens (including phenoxy) is 6. The van der Waals surface area contributed by atoms with Crippen LogP contribution in [0.25, 0.3) is 0 Å². The highest BCUT2D eigenvalue weighted by Crippen LogP contribution is 2.41. The number of nitrogens with zero attached hydrogens (tertiary/aromatic N) is 1. The Morgan fingerprint density at radius 1 is 1.08 bits per heavy atom. The van der Waals surface area contributed by atoms with Crippen LogP contribution < -0.4 is 9.47 Å². The van der Waals surface area contributed by atoms with Gasteiger partial charge in [-0.1, -0.05) is 0 Å². The first-order valence-electron chi connectivity index (χ1n) is 12.2. The van der Waals surface area contributed by atoms with E-state index >= 15 is 0 Å². The molecule has 37 heavy (non-hydrogen) atoms. The SMILES string of the molecule is O=C1CC(OC2CC(OCOCO)[C@H](O)C(CO)O2)[C@H](O)C(=O)N2CC[C@H]1c1cc3c(cc1C2)OCO3. The van der Waals surface area contributed by atoms with E-state index in [0.717, 1.165) is 11.1 Å². The molecule has 204 valence electrons. The Morgan fingerprint density at radius 2 is 1.86 bits per heavy atom. The number of aliphatic hydroxyl groups is 4. The zero-order valence-electron chi connectivity index (χ0n) is 20.1. The number of benzene rings is 1. The fourth-order valence-electron chi connectivity index (χ4n) is 5.30. The lowest BCUT2D eigenvalue weighted by molar-refractivity contribution is -0.290. The predicted molar refractivity (Wildman–Crippen MR) is 120 cm³/mol. The van der Waals surface area contributed by atoms with E-state index in [1.54, 1.807) is 12.1 Å². The lowest BCUT2D eigenvalue weighted by Crippen LogP contribution is -2.54. The van der Waals surface area contributed by atoms with Gasteiger partial charge in [-0.3, -0.25) is 9.59 Å². The highest BCUT2D eigenvalue weighted by atomic mass is 16.7. The van der Waals surface area contributed by atoms with Crippen molar-refractivity contribution >= 4 is 11.7 Å². The fraction of sp³-hybridized carbons (Fsp3) is 0.667. The Labute approximate surface area is 212 Å². The molecule has 4 aliphatic rings. The molecule has 13 heteroatoms. The second-order valence-corrected chi connectivity index (χ2v) is 9.46. The van der Waals surface area contributed by atoms with Gasteiger partial charge in [0.05, 0.1) is 12.7 Å². The zero-order chi connectivity index (χ0) is 26.1. The number of hydrogen-bond acceptors (Lipinski definition) is 12. The van der Waals surface area contributed by atoms with Crippen LogP contribution in [0.4, 0.5) is 0 Å². The Hall–Kier alpha value is -2.36. The predicted octanol–water partition coefficient (Wildman–Crippen LogP) is -1.27. The van der Waals surface area contributed by atoms with Gasteiger partial charge >= 0.3 is 0 Å². The molecule has 7 atom stereocenters. The summed E-state index contributed by atoms with van der Waals surface area (Å²) in [6, 6.07) is 3.57. The fourth-order valence-corrected chi connectivity index (χ4v) is 5.30. The van der Waals surface area contributed by atoms with Gasteiger partial charge in [-0.05, 0) is 29.7 Å². The lowest BCUT2D eigenvalue weighted by Gasteiger charge is -2.40. The maximum Gasteiger partial charge on any atom is 0.254 e. The Bertz CT molecular complexity index is 1000. The summed E-state index contributed by atoms with van der Waals surface area (Å²) >= 11 is 0. The molecule has 1 amide bonds. The molecule has 4 N–H and O–H groups in total. The van der Waals surface area contributed by atoms with Gasteiger partial charge in [0.25, 0.3) is 5.91 Å². The summed E-state index contributed by atoms with van der Waals surface area (Å²) in [5.74, 6) is -0.234. The summed E-state index contributed by atoms with van der Waals surface area (Å²) in [6.07, 6.45) is -7.05. The minimum absolute atomic E-state index is 0.0302. The summed E-state index contributed by atoms with van der Waals surface area (Å²) in [5, 5.41) is 39.8. The first kappa shape index (κ1) is 26.3. The second kappa shape index (κ2) is 11.2. The van der Waals surface area contributed by atoms with Crippen molar-refractivity contribution < 1.29 is 58.4 Å². The molecule has 2 fully saturated rings. The molecule has 4 aliphatic heterocycles. The van der Waals surface area contributed by atoms with Crippen LogP contribution in [-0.2, 0) is 35.1 Å². The number of aliphatic hydroxyl groups excluding tert-OH is 4. The van der Waals surface area contributed by atoms with E-state index in [9.17, 15) is 24.9 Å². The van der Waals surface area contributed by atoms with Crippen LogP contribution >= 0.6 is 0 Å². The number of rotatable bonds is 7. The Morgan fingerprint density at radius 3 is 2.62 bits per heavy atom. The number of carbonyl (C=O) groups excluding carboxylic acids is 2. The first-order chi connectivity index (χ1) is 17.9. The van der Waals surface area contributed by atoms with Gasteiger partial charge in [-0.25, -0.2) is 0 Å². The summed E-state index contributed by atoms with van der Waals surface area (Å²) in [5.41, 5.74) is 1.52. The highest BCUT2D eigenvalue weighted by Gasteiger charge is 2.44. The van der Waals surface area contributed by atoms with Gasteiger partial charge in [-0.2, -0.15) is 0 Å². The van der Waals surface area contributed by atoms with Crippen LogP contribution in [-0.4, -0.2) is 107 Å². The van der Waals surface area contributed by atoms with Crippen LogP contribution in [0.2, 0.25) is 0 Å². The van der Waals surface area contributed by atoms with Crippen molar-refractivity contribution in [1.29, 1.82) is 0 Å². The third-order valence-electron chi connectivity index (χ3n) is 7.24. The Balaban J connectivity index is 1.37. The van der Waals surface area contributed by atoms with Crippen LogP contribution in [0, 0.1) is 0 Å². The number of hydrogen-bond donors (Lipinski definition) is 4.